The number of hydrogen-bond donors (Lipinski definition) is 1. The van der Waals surface area contributed by atoms with Gasteiger partial charge in [0.15, 0.2) is 0 Å². The summed E-state index contributed by atoms with van der Waals surface area (Å²) in [6, 6.07) is 18.9. The van der Waals surface area contributed by atoms with Crippen molar-refractivity contribution in [3.8, 4) is 22.9 Å². The fourth-order valence-corrected chi connectivity index (χ4v) is 5.07. The molecule has 36 heavy (non-hydrogen) atoms. The fraction of sp³-hybridized carbons (Fsp3) is 0.240. The van der Waals surface area contributed by atoms with E-state index in [1.165, 1.54) is 17.1 Å². The van der Waals surface area contributed by atoms with Crippen LogP contribution in [0.4, 0.5) is 0 Å². The van der Waals surface area contributed by atoms with Crippen molar-refractivity contribution in [1.29, 1.82) is 0 Å². The van der Waals surface area contributed by atoms with Gasteiger partial charge in [0.25, 0.3) is 0 Å². The number of nitrogens with one attached hydrogen (secondary N) is 1. The van der Waals surface area contributed by atoms with Gasteiger partial charge >= 0.3 is 0 Å². The Kier molecular flexibility index (Phi) is 7.81. The number of tetrazole rings is 1. The summed E-state index contributed by atoms with van der Waals surface area (Å²) in [5.41, 5.74) is 1.98. The number of sulfonamides is 1. The molecule has 0 radical (unpaired) electrons. The van der Waals surface area contributed by atoms with E-state index in [1.807, 2.05) is 42.5 Å². The van der Waals surface area contributed by atoms with Gasteiger partial charge in [-0.2, -0.15) is 9.40 Å². The third kappa shape index (κ3) is 5.47. The van der Waals surface area contributed by atoms with E-state index in [1.54, 1.807) is 39.2 Å². The molecule has 1 aromatic heterocycles. The van der Waals surface area contributed by atoms with Gasteiger partial charge in [0.05, 0.1) is 26.4 Å². The van der Waals surface area contributed by atoms with Crippen LogP contribution in [0.25, 0.3) is 5.69 Å². The Labute approximate surface area is 209 Å². The van der Waals surface area contributed by atoms with Gasteiger partial charge in [0.2, 0.25) is 10.0 Å². The zero-order valence-electron chi connectivity index (χ0n) is 20.2. The van der Waals surface area contributed by atoms with Gasteiger partial charge in [-0.15, -0.1) is 5.10 Å². The van der Waals surface area contributed by atoms with Gasteiger partial charge in [0.1, 0.15) is 34.2 Å². The summed E-state index contributed by atoms with van der Waals surface area (Å²) in [5, 5.41) is 11.2. The molecule has 0 aliphatic carbocycles. The molecule has 1 heterocycles. The number of hydrogen-bond acceptors (Lipinski definition) is 8. The van der Waals surface area contributed by atoms with Crippen LogP contribution < -0.4 is 18.9 Å². The van der Waals surface area contributed by atoms with E-state index < -0.39 is 16.1 Å². The standard InChI is InChI=1S/C25H27N5O5S/c1-4-34-22-16-24(23(35-5-2)15-21(22)30-17-26-28-29-30)36(31,32)27-25(18-9-7-6-8-10-18)19-11-13-20(33-3)14-12-19/h6-17,25,27H,4-5H2,1-3H3/t25-/m1/s1. The molecule has 0 bridgehead atoms. The molecule has 188 valence electrons. The first-order valence-corrected chi connectivity index (χ1v) is 12.8. The first kappa shape index (κ1) is 25.1. The average Bonchev–Trinajstić information content (AvgIpc) is 3.44. The predicted octanol–water partition coefficient (Wildman–Crippen LogP) is 3.54. The van der Waals surface area contributed by atoms with E-state index in [9.17, 15) is 8.42 Å². The topological polar surface area (TPSA) is 117 Å². The first-order chi connectivity index (χ1) is 17.5. The molecular formula is C25H27N5O5S. The summed E-state index contributed by atoms with van der Waals surface area (Å²) in [5.74, 6) is 1.13. The van der Waals surface area contributed by atoms with Crippen LogP contribution in [0.15, 0.2) is 78.0 Å². The molecular weight excluding hydrogens is 482 g/mol. The van der Waals surface area contributed by atoms with Gasteiger partial charge in [-0.3, -0.25) is 0 Å². The average molecular weight is 510 g/mol. The molecule has 0 saturated carbocycles. The normalized spacial score (nSPS) is 12.2. The minimum absolute atomic E-state index is 0.0564. The van der Waals surface area contributed by atoms with Crippen LogP contribution in [0.3, 0.4) is 0 Å². The molecule has 1 N–H and O–H groups in total. The number of rotatable bonds is 11. The summed E-state index contributed by atoms with van der Waals surface area (Å²) >= 11 is 0. The summed E-state index contributed by atoms with van der Waals surface area (Å²) < 4.78 is 48.7. The van der Waals surface area contributed by atoms with Crippen molar-refractivity contribution in [1.82, 2.24) is 24.9 Å². The molecule has 4 rings (SSSR count). The third-order valence-corrected chi connectivity index (χ3v) is 6.81. The lowest BCUT2D eigenvalue weighted by Gasteiger charge is -2.22. The van der Waals surface area contributed by atoms with E-state index >= 15 is 0 Å². The molecule has 11 heteroatoms. The molecule has 4 aromatic rings. The number of nitrogens with zero attached hydrogens (tertiary/aromatic N) is 4. The van der Waals surface area contributed by atoms with Crippen LogP contribution in [0.1, 0.15) is 31.0 Å². The number of methoxy groups -OCH3 is 1. The number of ether oxygens (including phenoxy) is 3. The number of aromatic nitrogens is 4. The monoisotopic (exact) mass is 509 g/mol. The molecule has 0 aliphatic rings. The van der Waals surface area contributed by atoms with Crippen molar-refractivity contribution >= 4 is 10.0 Å². The Balaban J connectivity index is 1.81. The highest BCUT2D eigenvalue weighted by Gasteiger charge is 2.28. The summed E-state index contributed by atoms with van der Waals surface area (Å²) in [7, 11) is -2.52. The second kappa shape index (κ2) is 11.2. The molecule has 0 aliphatic heterocycles. The van der Waals surface area contributed by atoms with Crippen molar-refractivity contribution in [2.45, 2.75) is 24.8 Å². The second-order valence-electron chi connectivity index (χ2n) is 7.63. The van der Waals surface area contributed by atoms with Crippen LogP contribution in [-0.2, 0) is 10.0 Å². The van der Waals surface area contributed by atoms with Crippen molar-refractivity contribution < 1.29 is 22.6 Å². The lowest BCUT2D eigenvalue weighted by molar-refractivity contribution is 0.321. The smallest absolute Gasteiger partial charge is 0.245 e. The zero-order chi connectivity index (χ0) is 25.5. The third-order valence-electron chi connectivity index (χ3n) is 5.37. The molecule has 1 atom stereocenters. The van der Waals surface area contributed by atoms with Gasteiger partial charge in [-0.25, -0.2) is 8.42 Å². The van der Waals surface area contributed by atoms with Crippen LogP contribution >= 0.6 is 0 Å². The van der Waals surface area contributed by atoms with Crippen molar-refractivity contribution in [2.24, 2.45) is 0 Å². The van der Waals surface area contributed by atoms with Crippen molar-refractivity contribution in [2.75, 3.05) is 20.3 Å². The quantitative estimate of drug-likeness (QED) is 0.326. The van der Waals surface area contributed by atoms with Gasteiger partial charge < -0.3 is 14.2 Å². The minimum atomic E-state index is -4.10. The Morgan fingerprint density at radius 1 is 0.917 bits per heavy atom. The van der Waals surface area contributed by atoms with E-state index in [2.05, 4.69) is 20.2 Å². The Hall–Kier alpha value is -3.96. The minimum Gasteiger partial charge on any atom is -0.497 e. The van der Waals surface area contributed by atoms with Crippen molar-refractivity contribution in [3.63, 3.8) is 0 Å². The maximum Gasteiger partial charge on any atom is 0.245 e. The Morgan fingerprint density at radius 2 is 1.58 bits per heavy atom. The molecule has 0 amide bonds. The maximum absolute atomic E-state index is 13.8. The molecule has 0 saturated heterocycles. The summed E-state index contributed by atoms with van der Waals surface area (Å²) in [4.78, 5) is -0.0564. The highest BCUT2D eigenvalue weighted by molar-refractivity contribution is 7.89. The fourth-order valence-electron chi connectivity index (χ4n) is 3.72. The van der Waals surface area contributed by atoms with E-state index in [4.69, 9.17) is 14.2 Å². The highest BCUT2D eigenvalue weighted by Crippen LogP contribution is 2.36. The highest BCUT2D eigenvalue weighted by atomic mass is 32.2. The maximum atomic E-state index is 13.8. The molecule has 3 aromatic carbocycles. The largest absolute Gasteiger partial charge is 0.497 e. The molecule has 0 fully saturated rings. The van der Waals surface area contributed by atoms with Crippen LogP contribution in [-0.4, -0.2) is 48.9 Å². The van der Waals surface area contributed by atoms with E-state index in [0.29, 0.717) is 23.8 Å². The van der Waals surface area contributed by atoms with Gasteiger partial charge in [-0.1, -0.05) is 42.5 Å². The predicted molar refractivity (Wildman–Crippen MR) is 133 cm³/mol. The van der Waals surface area contributed by atoms with Gasteiger partial charge in [-0.05, 0) is 47.5 Å². The lowest BCUT2D eigenvalue weighted by atomic mass is 10.00. The molecule has 0 unspecified atom stereocenters. The Morgan fingerprint density at radius 3 is 2.19 bits per heavy atom. The van der Waals surface area contributed by atoms with Gasteiger partial charge in [0, 0.05) is 12.1 Å². The van der Waals surface area contributed by atoms with Crippen LogP contribution in [0.5, 0.6) is 17.2 Å². The van der Waals surface area contributed by atoms with Crippen molar-refractivity contribution in [3.05, 3.63) is 84.2 Å². The van der Waals surface area contributed by atoms with E-state index in [0.717, 1.165) is 11.1 Å². The lowest BCUT2D eigenvalue weighted by Crippen LogP contribution is -2.30. The zero-order valence-corrected chi connectivity index (χ0v) is 21.0. The van der Waals surface area contributed by atoms with Crippen LogP contribution in [0, 0.1) is 0 Å². The Bertz CT molecular complexity index is 1380. The van der Waals surface area contributed by atoms with E-state index in [-0.39, 0.29) is 17.3 Å². The summed E-state index contributed by atoms with van der Waals surface area (Å²) in [6.07, 6.45) is 1.40. The summed E-state index contributed by atoms with van der Waals surface area (Å²) in [6.45, 7) is 4.16. The number of benzene rings is 3. The first-order valence-electron chi connectivity index (χ1n) is 11.3. The SMILES string of the molecule is CCOc1cc(S(=O)(=O)N[C@H](c2ccccc2)c2ccc(OC)cc2)c(OCC)cc1-n1cnnn1. The second-order valence-corrected chi connectivity index (χ2v) is 9.31. The molecule has 0 spiro atoms. The molecule has 10 nitrogen and oxygen atoms in total. The van der Waals surface area contributed by atoms with Crippen LogP contribution in [0.2, 0.25) is 0 Å².